The van der Waals surface area contributed by atoms with E-state index < -0.39 is 0 Å². The first-order chi connectivity index (χ1) is 6.86. The van der Waals surface area contributed by atoms with Gasteiger partial charge in [0.05, 0.1) is 11.4 Å². The fourth-order valence-corrected chi connectivity index (χ4v) is 1.94. The zero-order valence-corrected chi connectivity index (χ0v) is 9.26. The molecule has 0 aliphatic rings. The highest BCUT2D eigenvalue weighted by molar-refractivity contribution is 9.09. The van der Waals surface area contributed by atoms with E-state index in [2.05, 4.69) is 33.2 Å². The normalized spacial score (nSPS) is 12.6. The van der Waals surface area contributed by atoms with Crippen LogP contribution in [0.2, 0.25) is 0 Å². The van der Waals surface area contributed by atoms with E-state index in [1.165, 1.54) is 5.56 Å². The van der Waals surface area contributed by atoms with Crippen LogP contribution >= 0.6 is 15.9 Å². The average molecular weight is 251 g/mol. The Kier molecular flexibility index (Phi) is 2.99. The Morgan fingerprint density at radius 1 is 1.21 bits per heavy atom. The summed E-state index contributed by atoms with van der Waals surface area (Å²) in [4.78, 5) is 0.323. The number of hydrogen-bond acceptors (Lipinski definition) is 1. The highest BCUT2D eigenvalue weighted by atomic mass is 79.9. The Bertz CT molecular complexity index is 369. The highest BCUT2D eigenvalue weighted by Crippen LogP contribution is 2.23. The maximum atomic E-state index is 4.17. The van der Waals surface area contributed by atoms with Gasteiger partial charge in [0.15, 0.2) is 0 Å². The van der Waals surface area contributed by atoms with Crippen molar-refractivity contribution < 1.29 is 0 Å². The summed E-state index contributed by atoms with van der Waals surface area (Å²) in [5.74, 6) is 0. The molecule has 72 valence electrons. The molecule has 0 N–H and O–H groups in total. The summed E-state index contributed by atoms with van der Waals surface area (Å²) < 4.78 is 1.92. The van der Waals surface area contributed by atoms with Gasteiger partial charge < -0.3 is 0 Å². The molecular weight excluding hydrogens is 240 g/mol. The number of alkyl halides is 1. The van der Waals surface area contributed by atoms with E-state index in [1.807, 2.05) is 35.1 Å². The Morgan fingerprint density at radius 2 is 2.00 bits per heavy atom. The van der Waals surface area contributed by atoms with Gasteiger partial charge in [-0.15, -0.1) is 0 Å². The maximum absolute atomic E-state index is 4.17. The van der Waals surface area contributed by atoms with Gasteiger partial charge in [-0.1, -0.05) is 46.3 Å². The summed E-state index contributed by atoms with van der Waals surface area (Å²) in [5, 5.41) is 4.17. The van der Waals surface area contributed by atoms with Crippen LogP contribution in [0.3, 0.4) is 0 Å². The summed E-state index contributed by atoms with van der Waals surface area (Å²) in [6.07, 6.45) is 3.77. The van der Waals surface area contributed by atoms with Gasteiger partial charge in [-0.3, -0.25) is 4.68 Å². The first kappa shape index (κ1) is 9.46. The van der Waals surface area contributed by atoms with Gasteiger partial charge in [-0.05, 0) is 11.6 Å². The summed E-state index contributed by atoms with van der Waals surface area (Å²) in [5.41, 5.74) is 1.28. The standard InChI is InChI=1S/C11H11BrN2/c12-11(9-14-8-4-7-13-14)10-5-2-1-3-6-10/h1-8,11H,9H2. The van der Waals surface area contributed by atoms with Crippen molar-refractivity contribution in [2.45, 2.75) is 11.4 Å². The molecule has 1 unspecified atom stereocenters. The van der Waals surface area contributed by atoms with Crippen molar-refractivity contribution in [1.29, 1.82) is 0 Å². The Morgan fingerprint density at radius 3 is 2.64 bits per heavy atom. The van der Waals surface area contributed by atoms with Gasteiger partial charge in [-0.25, -0.2) is 0 Å². The molecule has 3 heteroatoms. The maximum Gasteiger partial charge on any atom is 0.0591 e. The van der Waals surface area contributed by atoms with Crippen molar-refractivity contribution in [3.63, 3.8) is 0 Å². The molecule has 0 bridgehead atoms. The summed E-state index contributed by atoms with van der Waals surface area (Å²) in [7, 11) is 0. The van der Waals surface area contributed by atoms with Crippen molar-refractivity contribution in [2.75, 3.05) is 0 Å². The van der Waals surface area contributed by atoms with Crippen molar-refractivity contribution in [3.8, 4) is 0 Å². The van der Waals surface area contributed by atoms with Crippen LogP contribution in [0.5, 0.6) is 0 Å². The molecule has 1 aromatic heterocycles. The van der Waals surface area contributed by atoms with E-state index in [0.717, 1.165) is 6.54 Å². The number of benzene rings is 1. The number of nitrogens with zero attached hydrogens (tertiary/aromatic N) is 2. The smallest absolute Gasteiger partial charge is 0.0591 e. The van der Waals surface area contributed by atoms with Crippen LogP contribution in [0.15, 0.2) is 48.8 Å². The van der Waals surface area contributed by atoms with Crippen LogP contribution in [-0.4, -0.2) is 9.78 Å². The molecule has 1 aromatic carbocycles. The van der Waals surface area contributed by atoms with E-state index in [0.29, 0.717) is 4.83 Å². The molecule has 0 saturated heterocycles. The Hall–Kier alpha value is -1.09. The van der Waals surface area contributed by atoms with Gasteiger partial charge in [0.2, 0.25) is 0 Å². The van der Waals surface area contributed by atoms with Crippen LogP contribution in [-0.2, 0) is 6.54 Å². The van der Waals surface area contributed by atoms with Gasteiger partial charge in [-0.2, -0.15) is 5.10 Å². The zero-order valence-electron chi connectivity index (χ0n) is 7.68. The van der Waals surface area contributed by atoms with Crippen molar-refractivity contribution >= 4 is 15.9 Å². The minimum Gasteiger partial charge on any atom is -0.271 e. The number of halogens is 1. The molecule has 0 spiro atoms. The van der Waals surface area contributed by atoms with Crippen LogP contribution in [0.4, 0.5) is 0 Å². The first-order valence-electron chi connectivity index (χ1n) is 4.53. The molecule has 0 amide bonds. The van der Waals surface area contributed by atoms with E-state index in [9.17, 15) is 0 Å². The molecule has 2 rings (SSSR count). The van der Waals surface area contributed by atoms with Crippen molar-refractivity contribution in [2.24, 2.45) is 0 Å². The molecule has 0 fully saturated rings. The monoisotopic (exact) mass is 250 g/mol. The van der Waals surface area contributed by atoms with E-state index in [1.54, 1.807) is 6.20 Å². The van der Waals surface area contributed by atoms with Crippen LogP contribution in [0.25, 0.3) is 0 Å². The SMILES string of the molecule is BrC(Cn1cccn1)c1ccccc1. The molecule has 14 heavy (non-hydrogen) atoms. The van der Waals surface area contributed by atoms with E-state index in [4.69, 9.17) is 0 Å². The predicted molar refractivity (Wildman–Crippen MR) is 60.3 cm³/mol. The van der Waals surface area contributed by atoms with Crippen LogP contribution < -0.4 is 0 Å². The quantitative estimate of drug-likeness (QED) is 0.766. The summed E-state index contributed by atoms with van der Waals surface area (Å²) >= 11 is 3.65. The lowest BCUT2D eigenvalue weighted by Crippen LogP contribution is -2.04. The van der Waals surface area contributed by atoms with E-state index in [-0.39, 0.29) is 0 Å². The van der Waals surface area contributed by atoms with Gasteiger partial charge in [0, 0.05) is 12.4 Å². The molecule has 0 radical (unpaired) electrons. The third-order valence-corrected chi connectivity index (χ3v) is 2.89. The van der Waals surface area contributed by atoms with Crippen LogP contribution in [0.1, 0.15) is 10.4 Å². The van der Waals surface area contributed by atoms with Crippen molar-refractivity contribution in [1.82, 2.24) is 9.78 Å². The fourth-order valence-electron chi connectivity index (χ4n) is 1.34. The molecule has 0 aliphatic heterocycles. The molecule has 1 atom stereocenters. The number of hydrogen-bond donors (Lipinski definition) is 0. The zero-order chi connectivity index (χ0) is 9.80. The average Bonchev–Trinajstić information content (AvgIpc) is 2.72. The molecule has 0 saturated carbocycles. The lowest BCUT2D eigenvalue weighted by Gasteiger charge is -2.09. The van der Waals surface area contributed by atoms with Gasteiger partial charge in [0.1, 0.15) is 0 Å². The van der Waals surface area contributed by atoms with Gasteiger partial charge in [0.25, 0.3) is 0 Å². The van der Waals surface area contributed by atoms with Crippen LogP contribution in [0, 0.1) is 0 Å². The number of rotatable bonds is 3. The molecule has 0 aliphatic carbocycles. The Labute approximate surface area is 91.7 Å². The second-order valence-corrected chi connectivity index (χ2v) is 4.21. The fraction of sp³-hybridized carbons (Fsp3) is 0.182. The minimum absolute atomic E-state index is 0.323. The molecule has 1 heterocycles. The summed E-state index contributed by atoms with van der Waals surface area (Å²) in [6.45, 7) is 0.858. The largest absolute Gasteiger partial charge is 0.271 e. The predicted octanol–water partition coefficient (Wildman–Crippen LogP) is 3.02. The Balaban J connectivity index is 2.07. The second-order valence-electron chi connectivity index (χ2n) is 3.11. The molecular formula is C11H11BrN2. The summed E-state index contributed by atoms with van der Waals surface area (Å²) in [6, 6.07) is 12.3. The highest BCUT2D eigenvalue weighted by Gasteiger charge is 2.06. The molecule has 2 aromatic rings. The first-order valence-corrected chi connectivity index (χ1v) is 5.44. The third-order valence-electron chi connectivity index (χ3n) is 2.07. The third kappa shape index (κ3) is 2.23. The van der Waals surface area contributed by atoms with E-state index >= 15 is 0 Å². The second kappa shape index (κ2) is 4.42. The van der Waals surface area contributed by atoms with Crippen molar-refractivity contribution in [3.05, 3.63) is 54.4 Å². The lowest BCUT2D eigenvalue weighted by molar-refractivity contribution is 0.611. The van der Waals surface area contributed by atoms with Gasteiger partial charge >= 0.3 is 0 Å². The topological polar surface area (TPSA) is 17.8 Å². The minimum atomic E-state index is 0.323. The molecule has 2 nitrogen and oxygen atoms in total. The number of aromatic nitrogens is 2. The lowest BCUT2D eigenvalue weighted by atomic mass is 10.1.